The van der Waals surface area contributed by atoms with Crippen LogP contribution in [0.5, 0.6) is 0 Å². The Morgan fingerprint density at radius 3 is 1.67 bits per heavy atom. The Bertz CT molecular complexity index is 324. The van der Waals surface area contributed by atoms with E-state index in [-0.39, 0.29) is 5.92 Å². The lowest BCUT2D eigenvalue weighted by molar-refractivity contribution is 0.317. The van der Waals surface area contributed by atoms with Crippen molar-refractivity contribution in [2.24, 2.45) is 21.4 Å². The van der Waals surface area contributed by atoms with Gasteiger partial charge in [0.15, 0.2) is 0 Å². The molecule has 1 atom stereocenters. The molecule has 0 aliphatic heterocycles. The fraction of sp³-hybridized carbons (Fsp3) is 0.643. The highest BCUT2D eigenvalue weighted by Gasteiger charge is 1.98. The molecular weight excluding hydrogens is 286 g/mol. The summed E-state index contributed by atoms with van der Waals surface area (Å²) in [7, 11) is 2.77. The first kappa shape index (κ1) is 24.4. The SMILES string of the molecule is C=CC(C)/C(C)=N/O[Si].CC/C(C)=N/O.CC/C(C)=N/O. The molecule has 0 heterocycles. The van der Waals surface area contributed by atoms with E-state index in [1.165, 1.54) is 0 Å². The molecule has 121 valence electrons. The molecule has 0 spiro atoms. The molecule has 0 aliphatic rings. The normalized spacial score (nSPS) is 13.2. The average molecular weight is 314 g/mol. The van der Waals surface area contributed by atoms with Gasteiger partial charge in [0, 0.05) is 5.92 Å². The molecule has 1 unspecified atom stereocenters. The Kier molecular flexibility index (Phi) is 21.3. The van der Waals surface area contributed by atoms with Crippen LogP contribution in [0.25, 0.3) is 0 Å². The molecule has 0 aromatic rings. The van der Waals surface area contributed by atoms with Gasteiger partial charge in [-0.1, -0.05) is 37.2 Å². The van der Waals surface area contributed by atoms with Gasteiger partial charge in [0.25, 0.3) is 0 Å². The summed E-state index contributed by atoms with van der Waals surface area (Å²) in [6.07, 6.45) is 3.47. The van der Waals surface area contributed by atoms with E-state index in [0.717, 1.165) is 30.0 Å². The van der Waals surface area contributed by atoms with Crippen molar-refractivity contribution in [1.29, 1.82) is 0 Å². The maximum Gasteiger partial charge on any atom is 0.387 e. The highest BCUT2D eigenvalue weighted by atomic mass is 28.2. The van der Waals surface area contributed by atoms with E-state index in [4.69, 9.17) is 10.4 Å². The van der Waals surface area contributed by atoms with Gasteiger partial charge in [-0.25, -0.2) is 0 Å². The van der Waals surface area contributed by atoms with Crippen LogP contribution in [0.3, 0.4) is 0 Å². The molecule has 7 heteroatoms. The zero-order valence-corrected chi connectivity index (χ0v) is 14.9. The number of hydrogen-bond donors (Lipinski definition) is 2. The molecule has 0 bridgehead atoms. The Hall–Kier alpha value is -1.63. The van der Waals surface area contributed by atoms with Crippen molar-refractivity contribution < 1.29 is 14.9 Å². The van der Waals surface area contributed by atoms with Crippen molar-refractivity contribution >= 4 is 27.6 Å². The van der Waals surface area contributed by atoms with Crippen LogP contribution in [0.2, 0.25) is 0 Å². The lowest BCUT2D eigenvalue weighted by Crippen LogP contribution is -2.03. The van der Waals surface area contributed by atoms with E-state index < -0.39 is 0 Å². The van der Waals surface area contributed by atoms with Crippen molar-refractivity contribution in [3.63, 3.8) is 0 Å². The van der Waals surface area contributed by atoms with Crippen LogP contribution in [0.1, 0.15) is 54.4 Å². The van der Waals surface area contributed by atoms with Crippen LogP contribution >= 0.6 is 0 Å². The first-order chi connectivity index (χ1) is 9.83. The Balaban J connectivity index is -0.000000240. The maximum atomic E-state index is 7.92. The van der Waals surface area contributed by atoms with Gasteiger partial charge < -0.3 is 14.9 Å². The molecule has 0 aromatic heterocycles. The smallest absolute Gasteiger partial charge is 0.387 e. The van der Waals surface area contributed by atoms with Gasteiger partial charge >= 0.3 is 10.5 Å². The van der Waals surface area contributed by atoms with Crippen LogP contribution in [0.15, 0.2) is 28.1 Å². The summed E-state index contributed by atoms with van der Waals surface area (Å²) >= 11 is 0. The van der Waals surface area contributed by atoms with Crippen LogP contribution < -0.4 is 0 Å². The Morgan fingerprint density at radius 1 is 1.14 bits per heavy atom. The number of oxime groups is 3. The van der Waals surface area contributed by atoms with E-state index in [1.807, 2.05) is 33.8 Å². The molecule has 0 fully saturated rings. The fourth-order valence-electron chi connectivity index (χ4n) is 0.467. The minimum Gasteiger partial charge on any atom is -0.454 e. The highest BCUT2D eigenvalue weighted by molar-refractivity contribution is 5.98. The molecule has 0 aromatic carbocycles. The van der Waals surface area contributed by atoms with Gasteiger partial charge in [-0.3, -0.25) is 0 Å². The second kappa shape index (κ2) is 18.4. The first-order valence-corrected chi connectivity index (χ1v) is 7.09. The molecule has 0 saturated heterocycles. The number of allylic oxidation sites excluding steroid dienone is 1. The molecule has 21 heavy (non-hydrogen) atoms. The van der Waals surface area contributed by atoms with Crippen LogP contribution in [-0.4, -0.2) is 38.0 Å². The van der Waals surface area contributed by atoms with Crippen LogP contribution in [0, 0.1) is 5.92 Å². The van der Waals surface area contributed by atoms with Gasteiger partial charge in [0.05, 0.1) is 17.1 Å². The average Bonchev–Trinajstić information content (AvgIpc) is 2.53. The van der Waals surface area contributed by atoms with Gasteiger partial charge in [-0.05, 0) is 33.6 Å². The van der Waals surface area contributed by atoms with Gasteiger partial charge in [0.2, 0.25) is 0 Å². The Labute approximate surface area is 131 Å². The molecule has 0 aliphatic carbocycles. The number of nitrogens with zero attached hydrogens (tertiary/aromatic N) is 3. The quantitative estimate of drug-likeness (QED) is 0.266. The minimum absolute atomic E-state index is 0.279. The van der Waals surface area contributed by atoms with Crippen molar-refractivity contribution in [2.45, 2.75) is 54.4 Å². The largest absolute Gasteiger partial charge is 0.454 e. The van der Waals surface area contributed by atoms with E-state index in [2.05, 4.69) is 37.1 Å². The predicted octanol–water partition coefficient (Wildman–Crippen LogP) is 3.78. The lowest BCUT2D eigenvalue weighted by Gasteiger charge is -2.01. The molecule has 2 N–H and O–H groups in total. The minimum atomic E-state index is 0.279. The van der Waals surface area contributed by atoms with Gasteiger partial charge in [0.1, 0.15) is 0 Å². The first-order valence-electron chi connectivity index (χ1n) is 6.69. The zero-order chi connectivity index (χ0) is 17.3. The van der Waals surface area contributed by atoms with Crippen LogP contribution in [-0.2, 0) is 4.53 Å². The third-order valence-corrected chi connectivity index (χ3v) is 2.66. The monoisotopic (exact) mass is 314 g/mol. The second-order valence-corrected chi connectivity index (χ2v) is 4.41. The topological polar surface area (TPSA) is 86.8 Å². The molecule has 0 saturated carbocycles. The Morgan fingerprint density at radius 2 is 1.52 bits per heavy atom. The van der Waals surface area contributed by atoms with E-state index >= 15 is 0 Å². The van der Waals surface area contributed by atoms with Crippen molar-refractivity contribution in [1.82, 2.24) is 0 Å². The van der Waals surface area contributed by atoms with Crippen molar-refractivity contribution in [2.75, 3.05) is 0 Å². The molecule has 0 amide bonds. The summed E-state index contributed by atoms with van der Waals surface area (Å²) in [5.41, 5.74) is 2.45. The molecular formula is C14H28N3O3Si. The fourth-order valence-corrected chi connectivity index (χ4v) is 0.611. The van der Waals surface area contributed by atoms with Gasteiger partial charge in [-0.15, -0.1) is 11.7 Å². The standard InChI is InChI=1S/C6H10NOSi.2C4H9NO/c1-4-5(2)6(3)7-8-9;2*1-3-4(2)5-6/h4-5H,1H2,2-3H3;2*6H,3H2,1-2H3/b7-6+;2*5-4+. The maximum absolute atomic E-state index is 7.92. The van der Waals surface area contributed by atoms with Gasteiger partial charge in [-0.2, -0.15) is 0 Å². The summed E-state index contributed by atoms with van der Waals surface area (Å²) in [6.45, 7) is 14.9. The summed E-state index contributed by atoms with van der Waals surface area (Å²) in [5, 5.41) is 25.3. The summed E-state index contributed by atoms with van der Waals surface area (Å²) in [5.74, 6) is 0.279. The third kappa shape index (κ3) is 20.8. The molecule has 3 radical (unpaired) electrons. The lowest BCUT2D eigenvalue weighted by atomic mass is 10.1. The zero-order valence-electron chi connectivity index (χ0n) is 13.9. The van der Waals surface area contributed by atoms with Crippen LogP contribution in [0.4, 0.5) is 0 Å². The van der Waals surface area contributed by atoms with E-state index in [9.17, 15) is 0 Å². The van der Waals surface area contributed by atoms with Crippen molar-refractivity contribution in [3.8, 4) is 0 Å². The predicted molar refractivity (Wildman–Crippen MR) is 89.7 cm³/mol. The van der Waals surface area contributed by atoms with E-state index in [1.54, 1.807) is 13.8 Å². The molecule has 6 nitrogen and oxygen atoms in total. The van der Waals surface area contributed by atoms with Crippen molar-refractivity contribution in [3.05, 3.63) is 12.7 Å². The summed E-state index contributed by atoms with van der Waals surface area (Å²) < 4.78 is 4.37. The number of hydrogen-bond acceptors (Lipinski definition) is 6. The molecule has 0 rings (SSSR count). The second-order valence-electron chi connectivity index (χ2n) is 4.23. The third-order valence-electron chi connectivity index (χ3n) is 2.57. The highest BCUT2D eigenvalue weighted by Crippen LogP contribution is 1.98. The summed E-state index contributed by atoms with van der Waals surface area (Å²) in [6, 6.07) is 0. The number of rotatable bonds is 5. The van der Waals surface area contributed by atoms with E-state index in [0.29, 0.717) is 0 Å². The summed E-state index contributed by atoms with van der Waals surface area (Å²) in [4.78, 5) is 0.